The lowest BCUT2D eigenvalue weighted by Gasteiger charge is -2.20. The number of benzene rings is 8. The Labute approximate surface area is 389 Å². The summed E-state index contributed by atoms with van der Waals surface area (Å²) in [4.78, 5) is 5.59. The Morgan fingerprint density at radius 1 is 0.373 bits per heavy atom. The highest BCUT2D eigenvalue weighted by molar-refractivity contribution is 6.36. The van der Waals surface area contributed by atoms with E-state index < -0.39 is 0 Å². The SMILES string of the molecule is CC(C)(C)c1ccc2c(c1)c1cc(C(C)(C)C)cc3c4c5c6cc(C(C)(C)C)cc7c8cc9ccccc9c(-c9ccc%10c(c9)c9ccccc9n%10-c9ccccc9)c8n(c5cnc4n2c13)c76. The highest BCUT2D eigenvalue weighted by Crippen LogP contribution is 2.51. The Morgan fingerprint density at radius 3 is 1.66 bits per heavy atom. The number of rotatable bonds is 2. The third-order valence-corrected chi connectivity index (χ3v) is 15.3. The van der Waals surface area contributed by atoms with E-state index >= 15 is 0 Å². The zero-order valence-corrected chi connectivity index (χ0v) is 39.7. The van der Waals surface area contributed by atoms with Crippen molar-refractivity contribution in [3.8, 4) is 16.8 Å². The number of fused-ring (bicyclic) bond motifs is 17. The molecule has 4 nitrogen and oxygen atoms in total. The van der Waals surface area contributed by atoms with Gasteiger partial charge < -0.3 is 8.97 Å². The highest BCUT2D eigenvalue weighted by atomic mass is 15.0. The van der Waals surface area contributed by atoms with Crippen LogP contribution in [0, 0.1) is 0 Å². The molecule has 6 heterocycles. The van der Waals surface area contributed by atoms with E-state index in [0.29, 0.717) is 0 Å². The topological polar surface area (TPSA) is 26.6 Å². The maximum absolute atomic E-state index is 5.59. The second-order valence-corrected chi connectivity index (χ2v) is 22.5. The van der Waals surface area contributed by atoms with Crippen molar-refractivity contribution in [2.24, 2.45) is 0 Å². The van der Waals surface area contributed by atoms with Gasteiger partial charge in [-0.1, -0.05) is 135 Å². The van der Waals surface area contributed by atoms with Crippen molar-refractivity contribution >= 4 is 109 Å². The average molecular weight is 865 g/mol. The predicted octanol–water partition coefficient (Wildman–Crippen LogP) is 17.2. The molecule has 0 amide bonds. The molecule has 0 N–H and O–H groups in total. The number of aromatic nitrogens is 4. The number of hydrogen-bond acceptors (Lipinski definition) is 1. The van der Waals surface area contributed by atoms with E-state index in [1.165, 1.54) is 131 Å². The van der Waals surface area contributed by atoms with Gasteiger partial charge in [-0.3, -0.25) is 4.40 Å². The van der Waals surface area contributed by atoms with E-state index in [4.69, 9.17) is 4.98 Å². The van der Waals surface area contributed by atoms with Gasteiger partial charge >= 0.3 is 0 Å². The zero-order valence-electron chi connectivity index (χ0n) is 39.7. The molecule has 0 aliphatic carbocycles. The molecule has 14 rings (SSSR count). The molecular formula is C63H52N4. The van der Waals surface area contributed by atoms with Gasteiger partial charge in [0.2, 0.25) is 0 Å². The zero-order chi connectivity index (χ0) is 45.6. The third-order valence-electron chi connectivity index (χ3n) is 15.3. The Morgan fingerprint density at radius 2 is 0.925 bits per heavy atom. The Bertz CT molecular complexity index is 4420. The molecule has 0 unspecified atom stereocenters. The molecule has 0 radical (unpaired) electrons. The van der Waals surface area contributed by atoms with Crippen LogP contribution < -0.4 is 0 Å². The van der Waals surface area contributed by atoms with Crippen LogP contribution in [0.3, 0.4) is 0 Å². The van der Waals surface area contributed by atoms with Gasteiger partial charge in [-0.05, 0) is 122 Å². The fourth-order valence-electron chi connectivity index (χ4n) is 11.9. The second-order valence-electron chi connectivity index (χ2n) is 22.5. The Balaban J connectivity index is 1.18. The Kier molecular flexibility index (Phi) is 7.36. The van der Waals surface area contributed by atoms with E-state index in [2.05, 4.69) is 227 Å². The number of pyridine rings is 1. The van der Waals surface area contributed by atoms with Crippen LogP contribution in [0.2, 0.25) is 0 Å². The molecular weight excluding hydrogens is 813 g/mol. The summed E-state index contributed by atoms with van der Waals surface area (Å²) in [5.41, 5.74) is 17.1. The summed E-state index contributed by atoms with van der Waals surface area (Å²) in [5.74, 6) is 0. The van der Waals surface area contributed by atoms with E-state index in [1.54, 1.807) is 0 Å². The summed E-state index contributed by atoms with van der Waals surface area (Å²) in [5, 5.41) is 15.3. The Hall–Kier alpha value is -7.43. The number of nitrogens with zero attached hydrogens (tertiary/aromatic N) is 4. The molecule has 324 valence electrons. The normalized spacial score (nSPS) is 13.4. The quantitative estimate of drug-likeness (QED) is 0.170. The van der Waals surface area contributed by atoms with E-state index in [1.807, 2.05) is 0 Å². The van der Waals surface area contributed by atoms with Gasteiger partial charge in [-0.15, -0.1) is 0 Å². The van der Waals surface area contributed by atoms with Crippen LogP contribution in [0.1, 0.15) is 79.0 Å². The standard InChI is InChI=1S/C63H52N4/c1-61(2,3)37-24-26-52-44(29-37)46-30-38(62(4,5)6)33-49-56-55-48-32-39(63(7,8)9)31-47-45-27-35-17-13-14-20-41(35)54(59(45)66(57(47)48)53(55)34-64-60(56)67(52)58(46)49)36-23-25-51-43(28-36)42-21-15-16-22-50(42)65(51)40-18-11-10-12-19-40/h10-34H,1-9H3. The summed E-state index contributed by atoms with van der Waals surface area (Å²) in [6, 6.07) is 55.3. The summed E-state index contributed by atoms with van der Waals surface area (Å²) in [6.45, 7) is 21.1. The highest BCUT2D eigenvalue weighted by Gasteiger charge is 2.30. The molecule has 0 aliphatic rings. The second kappa shape index (κ2) is 12.7. The van der Waals surface area contributed by atoms with Crippen molar-refractivity contribution in [1.29, 1.82) is 0 Å². The molecule has 0 atom stereocenters. The first-order valence-electron chi connectivity index (χ1n) is 24.0. The third kappa shape index (κ3) is 5.11. The lowest BCUT2D eigenvalue weighted by molar-refractivity contribution is 0.590. The molecule has 4 heteroatoms. The van der Waals surface area contributed by atoms with Crippen molar-refractivity contribution in [3.63, 3.8) is 0 Å². The minimum Gasteiger partial charge on any atom is -0.309 e. The van der Waals surface area contributed by atoms with Crippen LogP contribution >= 0.6 is 0 Å². The molecule has 0 saturated heterocycles. The minimum atomic E-state index is -0.0819. The maximum Gasteiger partial charge on any atom is 0.146 e. The largest absolute Gasteiger partial charge is 0.309 e. The monoisotopic (exact) mass is 864 g/mol. The van der Waals surface area contributed by atoms with E-state index in [9.17, 15) is 0 Å². The number of hydrogen-bond donors (Lipinski definition) is 0. The fourth-order valence-corrected chi connectivity index (χ4v) is 11.9. The molecule has 0 fully saturated rings. The van der Waals surface area contributed by atoms with Crippen molar-refractivity contribution in [3.05, 3.63) is 168 Å². The fraction of sp³-hybridized carbons (Fsp3) is 0.190. The van der Waals surface area contributed by atoms with Gasteiger partial charge in [-0.2, -0.15) is 0 Å². The minimum absolute atomic E-state index is 0.0326. The first-order chi connectivity index (χ1) is 32.1. The van der Waals surface area contributed by atoms with Crippen LogP contribution in [0.5, 0.6) is 0 Å². The van der Waals surface area contributed by atoms with E-state index in [0.717, 1.165) is 11.2 Å². The number of para-hydroxylation sites is 2. The van der Waals surface area contributed by atoms with Crippen molar-refractivity contribution in [1.82, 2.24) is 18.4 Å². The molecule has 0 bridgehead atoms. The summed E-state index contributed by atoms with van der Waals surface area (Å²) >= 11 is 0. The van der Waals surface area contributed by atoms with Gasteiger partial charge in [-0.25, -0.2) is 4.98 Å². The molecule has 0 saturated carbocycles. The summed E-state index contributed by atoms with van der Waals surface area (Å²) in [6.07, 6.45) is 2.19. The summed E-state index contributed by atoms with van der Waals surface area (Å²) in [7, 11) is 0. The lowest BCUT2D eigenvalue weighted by atomic mass is 9.84. The van der Waals surface area contributed by atoms with Crippen LogP contribution in [0.25, 0.3) is 126 Å². The van der Waals surface area contributed by atoms with E-state index in [-0.39, 0.29) is 16.2 Å². The van der Waals surface area contributed by atoms with Gasteiger partial charge in [0, 0.05) is 65.1 Å². The smallest absolute Gasteiger partial charge is 0.146 e. The van der Waals surface area contributed by atoms with Crippen molar-refractivity contribution in [2.45, 2.75) is 78.6 Å². The molecule has 14 aromatic rings. The first kappa shape index (κ1) is 38.8. The van der Waals surface area contributed by atoms with Crippen molar-refractivity contribution in [2.75, 3.05) is 0 Å². The van der Waals surface area contributed by atoms with Crippen LogP contribution in [0.15, 0.2) is 152 Å². The molecule has 6 aromatic heterocycles. The van der Waals surface area contributed by atoms with Crippen LogP contribution in [0.4, 0.5) is 0 Å². The first-order valence-corrected chi connectivity index (χ1v) is 24.0. The predicted molar refractivity (Wildman–Crippen MR) is 287 cm³/mol. The molecule has 8 aromatic carbocycles. The average Bonchev–Trinajstić information content (AvgIpc) is 4.09. The maximum atomic E-state index is 5.59. The van der Waals surface area contributed by atoms with Gasteiger partial charge in [0.25, 0.3) is 0 Å². The summed E-state index contributed by atoms with van der Waals surface area (Å²) < 4.78 is 7.49. The molecule has 67 heavy (non-hydrogen) atoms. The van der Waals surface area contributed by atoms with Crippen LogP contribution in [-0.4, -0.2) is 18.4 Å². The van der Waals surface area contributed by atoms with Gasteiger partial charge in [0.1, 0.15) is 5.65 Å². The van der Waals surface area contributed by atoms with Gasteiger partial charge in [0.15, 0.2) is 0 Å². The van der Waals surface area contributed by atoms with Gasteiger partial charge in [0.05, 0.1) is 44.8 Å². The molecule has 0 aliphatic heterocycles. The van der Waals surface area contributed by atoms with Crippen LogP contribution in [-0.2, 0) is 16.2 Å². The lowest BCUT2D eigenvalue weighted by Crippen LogP contribution is -2.11. The van der Waals surface area contributed by atoms with Crippen molar-refractivity contribution < 1.29 is 0 Å². The molecule has 0 spiro atoms.